The molecule has 0 saturated carbocycles. The lowest BCUT2D eigenvalue weighted by Gasteiger charge is -2.00. The second-order valence-electron chi connectivity index (χ2n) is 4.48. The first-order valence-corrected chi connectivity index (χ1v) is 7.25. The zero-order valence-corrected chi connectivity index (χ0v) is 12.4. The van der Waals surface area contributed by atoms with E-state index in [2.05, 4.69) is 25.8 Å². The van der Waals surface area contributed by atoms with Gasteiger partial charge in [0.1, 0.15) is 6.54 Å². The van der Waals surface area contributed by atoms with E-state index in [9.17, 15) is 9.59 Å². The maximum Gasteiger partial charge on any atom is 0.249 e. The van der Waals surface area contributed by atoms with E-state index in [-0.39, 0.29) is 18.4 Å². The largest absolute Gasteiger partial charge is 0.308 e. The van der Waals surface area contributed by atoms with E-state index in [1.165, 1.54) is 29.3 Å². The Bertz CT molecular complexity index is 807. The van der Waals surface area contributed by atoms with Crippen LogP contribution in [0.25, 0.3) is 10.2 Å². The number of benzene rings is 1. The van der Waals surface area contributed by atoms with Crippen LogP contribution in [0.1, 0.15) is 6.92 Å². The Morgan fingerprint density at radius 3 is 2.86 bits per heavy atom. The number of thiazole rings is 1. The molecule has 0 aliphatic heterocycles. The predicted molar refractivity (Wildman–Crippen MR) is 82.6 cm³/mol. The molecule has 0 saturated heterocycles. The average molecular weight is 316 g/mol. The van der Waals surface area contributed by atoms with Crippen LogP contribution in [0.5, 0.6) is 0 Å². The lowest BCUT2D eigenvalue weighted by atomic mass is 10.3. The topological polar surface area (TPSA) is 102 Å². The fourth-order valence-corrected chi connectivity index (χ4v) is 2.71. The minimum atomic E-state index is -0.288. The highest BCUT2D eigenvalue weighted by Crippen LogP contribution is 2.25. The van der Waals surface area contributed by atoms with Crippen LogP contribution < -0.4 is 10.6 Å². The fourth-order valence-electron chi connectivity index (χ4n) is 1.82. The van der Waals surface area contributed by atoms with Crippen LogP contribution >= 0.6 is 11.3 Å². The van der Waals surface area contributed by atoms with Crippen molar-refractivity contribution in [2.75, 3.05) is 10.6 Å². The maximum absolute atomic E-state index is 12.0. The number of anilines is 2. The van der Waals surface area contributed by atoms with Crippen LogP contribution in [-0.2, 0) is 16.1 Å². The van der Waals surface area contributed by atoms with Gasteiger partial charge in [-0.3, -0.25) is 9.59 Å². The van der Waals surface area contributed by atoms with Gasteiger partial charge in [-0.05, 0) is 12.1 Å². The van der Waals surface area contributed by atoms with E-state index in [4.69, 9.17) is 0 Å². The molecule has 0 aliphatic rings. The number of amides is 2. The monoisotopic (exact) mass is 316 g/mol. The first kappa shape index (κ1) is 14.1. The predicted octanol–water partition coefficient (Wildman–Crippen LogP) is 1.48. The van der Waals surface area contributed by atoms with Gasteiger partial charge < -0.3 is 10.6 Å². The molecule has 3 aromatic rings. The minimum absolute atomic E-state index is 0.0600. The van der Waals surface area contributed by atoms with Crippen molar-refractivity contribution in [2.45, 2.75) is 13.5 Å². The lowest BCUT2D eigenvalue weighted by Crippen LogP contribution is -2.20. The van der Waals surface area contributed by atoms with Crippen molar-refractivity contribution < 1.29 is 9.59 Å². The molecule has 0 radical (unpaired) electrons. The quantitative estimate of drug-likeness (QED) is 0.759. The Labute approximate surface area is 129 Å². The summed E-state index contributed by atoms with van der Waals surface area (Å²) in [6, 6.07) is 7.64. The van der Waals surface area contributed by atoms with Crippen molar-refractivity contribution in [3.05, 3.63) is 30.5 Å². The minimum Gasteiger partial charge on any atom is -0.308 e. The number of rotatable bonds is 4. The summed E-state index contributed by atoms with van der Waals surface area (Å²) in [5, 5.41) is 13.6. The number of carbonyl (C=O) groups is 2. The first-order chi connectivity index (χ1) is 10.6. The third-order valence-corrected chi connectivity index (χ3v) is 3.62. The summed E-state index contributed by atoms with van der Waals surface area (Å²) < 4.78 is 1.00. The Morgan fingerprint density at radius 1 is 1.27 bits per heavy atom. The molecular weight excluding hydrogens is 304 g/mol. The number of hydrogen-bond acceptors (Lipinski definition) is 6. The number of aromatic nitrogens is 4. The SMILES string of the molecule is CC(=O)Nc1cnn(CC(=O)Nc2nc3ccccc3s2)n1. The highest BCUT2D eigenvalue weighted by atomic mass is 32.1. The van der Waals surface area contributed by atoms with Gasteiger partial charge in [0.25, 0.3) is 0 Å². The molecule has 0 spiro atoms. The van der Waals surface area contributed by atoms with Crippen molar-refractivity contribution >= 4 is 44.3 Å². The molecule has 2 heterocycles. The van der Waals surface area contributed by atoms with Gasteiger partial charge in [0, 0.05) is 6.92 Å². The normalized spacial score (nSPS) is 10.6. The molecular formula is C13H12N6O2S. The fraction of sp³-hybridized carbons (Fsp3) is 0.154. The standard InChI is InChI=1S/C13H12N6O2S/c1-8(20)15-11-6-14-19(18-11)7-12(21)17-13-16-9-4-2-3-5-10(9)22-13/h2-6H,7H2,1H3,(H,15,18,20)(H,16,17,21). The average Bonchev–Trinajstić information content (AvgIpc) is 3.03. The molecule has 0 atom stereocenters. The van der Waals surface area contributed by atoms with Crippen molar-refractivity contribution in [1.82, 2.24) is 20.0 Å². The molecule has 9 heteroatoms. The summed E-state index contributed by atoms with van der Waals surface area (Å²) in [5.41, 5.74) is 0.841. The number of nitrogens with zero attached hydrogens (tertiary/aromatic N) is 4. The molecule has 3 rings (SSSR count). The molecule has 22 heavy (non-hydrogen) atoms. The molecule has 0 unspecified atom stereocenters. The van der Waals surface area contributed by atoms with Crippen molar-refractivity contribution in [2.24, 2.45) is 0 Å². The smallest absolute Gasteiger partial charge is 0.249 e. The number of hydrogen-bond donors (Lipinski definition) is 2. The Hall–Kier alpha value is -2.81. The van der Waals surface area contributed by atoms with Crippen molar-refractivity contribution in [3.63, 3.8) is 0 Å². The van der Waals surface area contributed by atoms with E-state index in [0.29, 0.717) is 10.9 Å². The van der Waals surface area contributed by atoms with E-state index in [0.717, 1.165) is 10.2 Å². The molecule has 0 fully saturated rings. The van der Waals surface area contributed by atoms with Crippen LogP contribution in [0.3, 0.4) is 0 Å². The van der Waals surface area contributed by atoms with E-state index in [1.807, 2.05) is 24.3 Å². The Morgan fingerprint density at radius 2 is 2.09 bits per heavy atom. The Balaban J connectivity index is 1.64. The summed E-state index contributed by atoms with van der Waals surface area (Å²) >= 11 is 1.40. The van der Waals surface area contributed by atoms with Gasteiger partial charge in [-0.1, -0.05) is 23.5 Å². The molecule has 112 valence electrons. The second kappa shape index (κ2) is 5.90. The van der Waals surface area contributed by atoms with Crippen LogP contribution in [0.2, 0.25) is 0 Å². The third-order valence-electron chi connectivity index (χ3n) is 2.67. The zero-order valence-electron chi connectivity index (χ0n) is 11.6. The van der Waals surface area contributed by atoms with Gasteiger partial charge in [-0.25, -0.2) is 4.98 Å². The van der Waals surface area contributed by atoms with E-state index < -0.39 is 0 Å². The molecule has 2 amide bonds. The van der Waals surface area contributed by atoms with Gasteiger partial charge in [0.05, 0.1) is 16.4 Å². The summed E-state index contributed by atoms with van der Waals surface area (Å²) in [6.45, 7) is 1.31. The number of fused-ring (bicyclic) bond motifs is 1. The van der Waals surface area contributed by atoms with Crippen LogP contribution in [0.15, 0.2) is 30.5 Å². The summed E-state index contributed by atoms with van der Waals surface area (Å²) in [7, 11) is 0. The molecule has 2 N–H and O–H groups in total. The highest BCUT2D eigenvalue weighted by Gasteiger charge is 2.10. The summed E-state index contributed by atoms with van der Waals surface area (Å²) in [6.07, 6.45) is 1.38. The number of carbonyl (C=O) groups excluding carboxylic acids is 2. The second-order valence-corrected chi connectivity index (χ2v) is 5.51. The molecule has 8 nitrogen and oxygen atoms in total. The van der Waals surface area contributed by atoms with Gasteiger partial charge in [-0.2, -0.15) is 9.90 Å². The van der Waals surface area contributed by atoms with Gasteiger partial charge >= 0.3 is 0 Å². The van der Waals surface area contributed by atoms with Crippen LogP contribution in [0, 0.1) is 0 Å². The van der Waals surface area contributed by atoms with E-state index >= 15 is 0 Å². The zero-order chi connectivity index (χ0) is 15.5. The van der Waals surface area contributed by atoms with Crippen molar-refractivity contribution in [1.29, 1.82) is 0 Å². The van der Waals surface area contributed by atoms with Gasteiger partial charge in [-0.15, -0.1) is 5.10 Å². The van der Waals surface area contributed by atoms with E-state index in [1.54, 1.807) is 0 Å². The lowest BCUT2D eigenvalue weighted by molar-refractivity contribution is -0.117. The van der Waals surface area contributed by atoms with Crippen molar-refractivity contribution in [3.8, 4) is 0 Å². The summed E-state index contributed by atoms with van der Waals surface area (Å²) in [5.74, 6) is -0.227. The number of nitrogens with one attached hydrogen (secondary N) is 2. The van der Waals surface area contributed by atoms with Crippen LogP contribution in [-0.4, -0.2) is 31.8 Å². The molecule has 1 aromatic carbocycles. The molecule has 2 aromatic heterocycles. The molecule has 0 bridgehead atoms. The first-order valence-electron chi connectivity index (χ1n) is 6.43. The van der Waals surface area contributed by atoms with Gasteiger partial charge in [0.2, 0.25) is 11.8 Å². The number of para-hydroxylation sites is 1. The summed E-state index contributed by atoms with van der Waals surface area (Å²) in [4.78, 5) is 28.4. The van der Waals surface area contributed by atoms with Crippen LogP contribution in [0.4, 0.5) is 10.9 Å². The Kier molecular flexibility index (Phi) is 3.79. The molecule has 0 aliphatic carbocycles. The third kappa shape index (κ3) is 3.26. The maximum atomic E-state index is 12.0. The highest BCUT2D eigenvalue weighted by molar-refractivity contribution is 7.22. The van der Waals surface area contributed by atoms with Gasteiger partial charge in [0.15, 0.2) is 10.9 Å².